The molecule has 1 aliphatic rings. The Morgan fingerprint density at radius 2 is 1.78 bits per heavy atom. The van der Waals surface area contributed by atoms with Gasteiger partial charge in [-0.15, -0.1) is 0 Å². The predicted molar refractivity (Wildman–Crippen MR) is 84.1 cm³/mol. The van der Waals surface area contributed by atoms with E-state index in [0.29, 0.717) is 29.8 Å². The molecule has 1 N–H and O–H groups in total. The van der Waals surface area contributed by atoms with Crippen molar-refractivity contribution < 1.29 is 14.4 Å². The van der Waals surface area contributed by atoms with E-state index in [-0.39, 0.29) is 17.7 Å². The minimum atomic E-state index is -0.328. The molecule has 0 spiro atoms. The smallest absolute Gasteiger partial charge is 0.261 e. The molecule has 0 aliphatic carbocycles. The zero-order valence-corrected chi connectivity index (χ0v) is 12.6. The van der Waals surface area contributed by atoms with E-state index in [1.807, 2.05) is 12.1 Å². The predicted octanol–water partition coefficient (Wildman–Crippen LogP) is 1.88. The van der Waals surface area contributed by atoms with Gasteiger partial charge < -0.3 is 5.32 Å². The first-order chi connectivity index (χ1) is 11.1. The normalized spacial score (nSPS) is 13.2. The van der Waals surface area contributed by atoms with Gasteiger partial charge in [0.1, 0.15) is 0 Å². The molecule has 116 valence electrons. The van der Waals surface area contributed by atoms with E-state index in [0.717, 1.165) is 5.56 Å². The van der Waals surface area contributed by atoms with Crippen molar-refractivity contribution in [3.05, 3.63) is 59.4 Å². The van der Waals surface area contributed by atoms with Crippen LogP contribution in [0.1, 0.15) is 33.2 Å². The average molecular weight is 309 g/mol. The number of fused-ring (bicyclic) bond motifs is 1. The standard InChI is InChI=1S/C17H15N3O3/c1-11(21)19-13-2-3-14-15(10-13)17(23)20(16(14)22)9-6-12-4-7-18-8-5-12/h2-5,7-8,10H,6,9H2,1H3,(H,19,21). The van der Waals surface area contributed by atoms with Crippen molar-refractivity contribution in [1.82, 2.24) is 9.88 Å². The highest BCUT2D eigenvalue weighted by atomic mass is 16.2. The Morgan fingerprint density at radius 1 is 1.09 bits per heavy atom. The number of imide groups is 1. The maximum absolute atomic E-state index is 12.4. The van der Waals surface area contributed by atoms with E-state index < -0.39 is 0 Å². The van der Waals surface area contributed by atoms with Crippen LogP contribution < -0.4 is 5.32 Å². The molecule has 0 saturated carbocycles. The van der Waals surface area contributed by atoms with Crippen LogP contribution in [0.3, 0.4) is 0 Å². The summed E-state index contributed by atoms with van der Waals surface area (Å²) in [6.07, 6.45) is 3.93. The molecule has 0 fully saturated rings. The Morgan fingerprint density at radius 3 is 2.48 bits per heavy atom. The molecule has 3 rings (SSSR count). The molecule has 23 heavy (non-hydrogen) atoms. The molecule has 2 aromatic rings. The largest absolute Gasteiger partial charge is 0.326 e. The molecule has 0 unspecified atom stereocenters. The first kappa shape index (κ1) is 14.9. The van der Waals surface area contributed by atoms with Crippen LogP contribution in [0.4, 0.5) is 5.69 Å². The minimum Gasteiger partial charge on any atom is -0.326 e. The van der Waals surface area contributed by atoms with Crippen molar-refractivity contribution in [3.63, 3.8) is 0 Å². The van der Waals surface area contributed by atoms with Gasteiger partial charge in [-0.3, -0.25) is 24.3 Å². The lowest BCUT2D eigenvalue weighted by Gasteiger charge is -2.13. The number of benzene rings is 1. The Balaban J connectivity index is 1.78. The highest BCUT2D eigenvalue weighted by molar-refractivity contribution is 6.21. The number of hydrogen-bond donors (Lipinski definition) is 1. The lowest BCUT2D eigenvalue weighted by Crippen LogP contribution is -2.31. The second kappa shape index (κ2) is 6.00. The number of hydrogen-bond acceptors (Lipinski definition) is 4. The van der Waals surface area contributed by atoms with Gasteiger partial charge in [-0.05, 0) is 42.3 Å². The van der Waals surface area contributed by atoms with Crippen molar-refractivity contribution in [3.8, 4) is 0 Å². The summed E-state index contributed by atoms with van der Waals surface area (Å²) in [6.45, 7) is 1.70. The first-order valence-corrected chi connectivity index (χ1v) is 7.23. The van der Waals surface area contributed by atoms with Crippen LogP contribution in [0.2, 0.25) is 0 Å². The average Bonchev–Trinajstić information content (AvgIpc) is 2.77. The molecule has 0 bridgehead atoms. The third kappa shape index (κ3) is 2.96. The molecule has 1 aliphatic heterocycles. The van der Waals surface area contributed by atoms with Gasteiger partial charge in [0.2, 0.25) is 5.91 Å². The van der Waals surface area contributed by atoms with Gasteiger partial charge in [-0.25, -0.2) is 0 Å². The molecule has 0 radical (unpaired) electrons. The minimum absolute atomic E-state index is 0.226. The Hall–Kier alpha value is -3.02. The second-order valence-electron chi connectivity index (χ2n) is 5.31. The fraction of sp³-hybridized carbons (Fsp3) is 0.176. The molecule has 0 atom stereocenters. The first-order valence-electron chi connectivity index (χ1n) is 7.23. The zero-order valence-electron chi connectivity index (χ0n) is 12.6. The highest BCUT2D eigenvalue weighted by Crippen LogP contribution is 2.26. The number of rotatable bonds is 4. The number of carbonyl (C=O) groups is 3. The molecule has 6 nitrogen and oxygen atoms in total. The van der Waals surface area contributed by atoms with Crippen molar-refractivity contribution in [1.29, 1.82) is 0 Å². The molecule has 1 aromatic heterocycles. The molecular formula is C17H15N3O3. The number of amides is 3. The van der Waals surface area contributed by atoms with E-state index in [1.165, 1.54) is 11.8 Å². The van der Waals surface area contributed by atoms with E-state index in [1.54, 1.807) is 30.6 Å². The fourth-order valence-electron chi connectivity index (χ4n) is 2.57. The van der Waals surface area contributed by atoms with E-state index in [9.17, 15) is 14.4 Å². The van der Waals surface area contributed by atoms with Crippen molar-refractivity contribution in [2.45, 2.75) is 13.3 Å². The van der Waals surface area contributed by atoms with Crippen LogP contribution in [0, 0.1) is 0 Å². The van der Waals surface area contributed by atoms with Gasteiger partial charge in [0.25, 0.3) is 11.8 Å². The number of nitrogens with zero attached hydrogens (tertiary/aromatic N) is 2. The van der Waals surface area contributed by atoms with Gasteiger partial charge in [0, 0.05) is 31.5 Å². The van der Waals surface area contributed by atoms with Crippen molar-refractivity contribution >= 4 is 23.4 Å². The molecule has 2 heterocycles. The van der Waals surface area contributed by atoms with Crippen LogP contribution in [0.5, 0.6) is 0 Å². The molecular weight excluding hydrogens is 294 g/mol. The lowest BCUT2D eigenvalue weighted by molar-refractivity contribution is -0.114. The summed E-state index contributed by atoms with van der Waals surface area (Å²) in [5.74, 6) is -0.851. The lowest BCUT2D eigenvalue weighted by atomic mass is 10.1. The molecule has 3 amide bonds. The van der Waals surface area contributed by atoms with E-state index >= 15 is 0 Å². The third-order valence-electron chi connectivity index (χ3n) is 3.66. The third-order valence-corrected chi connectivity index (χ3v) is 3.66. The summed E-state index contributed by atoms with van der Waals surface area (Å²) in [5.41, 5.74) is 2.22. The maximum atomic E-state index is 12.4. The van der Waals surface area contributed by atoms with Crippen LogP contribution >= 0.6 is 0 Å². The highest BCUT2D eigenvalue weighted by Gasteiger charge is 2.35. The zero-order chi connectivity index (χ0) is 16.4. The second-order valence-corrected chi connectivity index (χ2v) is 5.31. The SMILES string of the molecule is CC(=O)Nc1ccc2c(c1)C(=O)N(CCc1ccncc1)C2=O. The topological polar surface area (TPSA) is 79.4 Å². The molecule has 1 aromatic carbocycles. The summed E-state index contributed by atoms with van der Waals surface area (Å²) in [5, 5.41) is 2.61. The quantitative estimate of drug-likeness (QED) is 0.875. The monoisotopic (exact) mass is 309 g/mol. The maximum Gasteiger partial charge on any atom is 0.261 e. The summed E-state index contributed by atoms with van der Waals surface area (Å²) >= 11 is 0. The van der Waals surface area contributed by atoms with Crippen LogP contribution in [0.25, 0.3) is 0 Å². The van der Waals surface area contributed by atoms with Gasteiger partial charge in [0.05, 0.1) is 11.1 Å². The molecule has 6 heteroatoms. The van der Waals surface area contributed by atoms with Gasteiger partial charge in [-0.2, -0.15) is 0 Å². The summed E-state index contributed by atoms with van der Waals surface area (Å²) in [6, 6.07) is 8.45. The summed E-state index contributed by atoms with van der Waals surface area (Å²) in [4.78, 5) is 41.1. The van der Waals surface area contributed by atoms with Crippen molar-refractivity contribution in [2.75, 3.05) is 11.9 Å². The van der Waals surface area contributed by atoms with Crippen LogP contribution in [-0.2, 0) is 11.2 Å². The van der Waals surface area contributed by atoms with E-state index in [2.05, 4.69) is 10.3 Å². The Labute approximate surface area is 133 Å². The fourth-order valence-corrected chi connectivity index (χ4v) is 2.57. The summed E-state index contributed by atoms with van der Waals surface area (Å²) in [7, 11) is 0. The van der Waals surface area contributed by atoms with Gasteiger partial charge in [0.15, 0.2) is 0 Å². The van der Waals surface area contributed by atoms with Crippen LogP contribution in [0.15, 0.2) is 42.7 Å². The van der Waals surface area contributed by atoms with E-state index in [4.69, 9.17) is 0 Å². The Bertz CT molecular complexity index is 787. The number of aromatic nitrogens is 1. The number of pyridine rings is 1. The van der Waals surface area contributed by atoms with Gasteiger partial charge >= 0.3 is 0 Å². The number of carbonyl (C=O) groups excluding carboxylic acids is 3. The van der Waals surface area contributed by atoms with Crippen molar-refractivity contribution in [2.24, 2.45) is 0 Å². The van der Waals surface area contributed by atoms with Gasteiger partial charge in [-0.1, -0.05) is 0 Å². The van der Waals surface area contributed by atoms with Crippen LogP contribution in [-0.4, -0.2) is 34.2 Å². The Kier molecular flexibility index (Phi) is 3.89. The number of nitrogens with one attached hydrogen (secondary N) is 1. The summed E-state index contributed by atoms with van der Waals surface area (Å²) < 4.78 is 0. The molecule has 0 saturated heterocycles. The number of anilines is 1.